The molecule has 8 heteroatoms. The minimum absolute atomic E-state index is 0.0741. The maximum absolute atomic E-state index is 13.2. The third-order valence-electron chi connectivity index (χ3n) is 3.90. The molecule has 1 N–H and O–H groups in total. The molecule has 0 unspecified atom stereocenters. The van der Waals surface area contributed by atoms with E-state index in [0.29, 0.717) is 16.4 Å². The van der Waals surface area contributed by atoms with Gasteiger partial charge in [-0.15, -0.1) is 11.3 Å². The summed E-state index contributed by atoms with van der Waals surface area (Å²) in [5, 5.41) is 5.70. The van der Waals surface area contributed by atoms with Crippen LogP contribution in [0.5, 0.6) is 0 Å². The number of nitrogens with zero attached hydrogens (tertiary/aromatic N) is 2. The number of thiazole rings is 1. The number of likely N-dealkylation sites (N-methyl/N-ethyl adjacent to an activating group) is 1. The third-order valence-corrected chi connectivity index (χ3v) is 5.16. The average Bonchev–Trinajstić information content (AvgIpc) is 3.10. The van der Waals surface area contributed by atoms with E-state index in [4.69, 9.17) is 11.6 Å². The Bertz CT molecular complexity index is 1010. The van der Waals surface area contributed by atoms with E-state index in [9.17, 15) is 14.0 Å². The summed E-state index contributed by atoms with van der Waals surface area (Å²) in [5.41, 5.74) is 1.77. The zero-order chi connectivity index (χ0) is 20.1. The summed E-state index contributed by atoms with van der Waals surface area (Å²) < 4.78 is 13.2. The van der Waals surface area contributed by atoms with Gasteiger partial charge in [-0.1, -0.05) is 35.9 Å². The number of carbonyl (C=O) groups is 2. The van der Waals surface area contributed by atoms with E-state index in [1.54, 1.807) is 17.5 Å². The van der Waals surface area contributed by atoms with Crippen LogP contribution in [0.1, 0.15) is 5.69 Å². The van der Waals surface area contributed by atoms with Gasteiger partial charge in [-0.3, -0.25) is 9.59 Å². The minimum Gasteiger partial charge on any atom is -0.336 e. The highest BCUT2D eigenvalue weighted by Gasteiger charge is 2.16. The van der Waals surface area contributed by atoms with Crippen molar-refractivity contribution in [3.05, 3.63) is 70.4 Å². The number of carbonyl (C=O) groups excluding carboxylic acids is 2. The molecule has 3 rings (SSSR count). The number of hydrogen-bond acceptors (Lipinski definition) is 4. The maximum Gasteiger partial charge on any atom is 0.243 e. The van der Waals surface area contributed by atoms with Gasteiger partial charge in [0.1, 0.15) is 10.8 Å². The standard InChI is InChI=1S/C20H17ClFN3O2S/c1-25(11-18(26)23-14-6-4-5-13(22)9-14)19(27)10-15-12-28-20(24-15)16-7-2-3-8-17(16)21/h2-9,12H,10-11H2,1H3,(H,23,26). The van der Waals surface area contributed by atoms with Crippen molar-refractivity contribution < 1.29 is 14.0 Å². The first-order chi connectivity index (χ1) is 13.4. The molecule has 28 heavy (non-hydrogen) atoms. The zero-order valence-electron chi connectivity index (χ0n) is 15.0. The molecule has 2 aromatic carbocycles. The van der Waals surface area contributed by atoms with Crippen molar-refractivity contribution in [2.75, 3.05) is 18.9 Å². The molecule has 0 fully saturated rings. The van der Waals surface area contributed by atoms with Gasteiger partial charge in [-0.05, 0) is 24.3 Å². The van der Waals surface area contributed by atoms with Crippen molar-refractivity contribution in [2.45, 2.75) is 6.42 Å². The minimum atomic E-state index is -0.444. The normalized spacial score (nSPS) is 10.5. The zero-order valence-corrected chi connectivity index (χ0v) is 16.6. The Morgan fingerprint density at radius 3 is 2.75 bits per heavy atom. The van der Waals surface area contributed by atoms with E-state index in [1.165, 1.54) is 41.5 Å². The van der Waals surface area contributed by atoms with Gasteiger partial charge in [0.2, 0.25) is 11.8 Å². The first-order valence-corrected chi connectivity index (χ1v) is 9.67. The molecule has 2 amide bonds. The van der Waals surface area contributed by atoms with Crippen molar-refractivity contribution in [3.8, 4) is 10.6 Å². The number of anilines is 1. The molecule has 0 saturated heterocycles. The van der Waals surface area contributed by atoms with Crippen LogP contribution in [0.15, 0.2) is 53.9 Å². The summed E-state index contributed by atoms with van der Waals surface area (Å²) >= 11 is 7.59. The summed E-state index contributed by atoms with van der Waals surface area (Å²) in [7, 11) is 1.54. The summed E-state index contributed by atoms with van der Waals surface area (Å²) in [4.78, 5) is 30.2. The Morgan fingerprint density at radius 1 is 1.21 bits per heavy atom. The fraction of sp³-hybridized carbons (Fsp3) is 0.150. The number of halogens is 2. The fourth-order valence-corrected chi connectivity index (χ4v) is 3.65. The number of benzene rings is 2. The van der Waals surface area contributed by atoms with Crippen LogP contribution in [-0.4, -0.2) is 35.3 Å². The molecule has 5 nitrogen and oxygen atoms in total. The molecule has 0 atom stereocenters. The number of aromatic nitrogens is 1. The third kappa shape index (κ3) is 5.15. The van der Waals surface area contributed by atoms with Crippen molar-refractivity contribution in [1.82, 2.24) is 9.88 Å². The summed E-state index contributed by atoms with van der Waals surface area (Å²) in [5.74, 6) is -1.10. The lowest BCUT2D eigenvalue weighted by molar-refractivity contribution is -0.132. The Hall–Kier alpha value is -2.77. The molecule has 0 spiro atoms. The van der Waals surface area contributed by atoms with E-state index >= 15 is 0 Å². The summed E-state index contributed by atoms with van der Waals surface area (Å²) in [6.45, 7) is -0.142. The van der Waals surface area contributed by atoms with E-state index < -0.39 is 11.7 Å². The molecule has 0 radical (unpaired) electrons. The van der Waals surface area contributed by atoms with Gasteiger partial charge in [-0.2, -0.15) is 0 Å². The van der Waals surface area contributed by atoms with Gasteiger partial charge in [0.25, 0.3) is 0 Å². The Balaban J connectivity index is 1.57. The van der Waals surface area contributed by atoms with Gasteiger partial charge in [0, 0.05) is 23.7 Å². The largest absolute Gasteiger partial charge is 0.336 e. The Labute approximate surface area is 170 Å². The maximum atomic E-state index is 13.2. The average molecular weight is 418 g/mol. The van der Waals surface area contributed by atoms with Crippen LogP contribution in [0, 0.1) is 5.82 Å². The van der Waals surface area contributed by atoms with Gasteiger partial charge < -0.3 is 10.2 Å². The lowest BCUT2D eigenvalue weighted by Crippen LogP contribution is -2.35. The smallest absolute Gasteiger partial charge is 0.243 e. The van der Waals surface area contributed by atoms with Crippen LogP contribution >= 0.6 is 22.9 Å². The van der Waals surface area contributed by atoms with Crippen LogP contribution in [0.3, 0.4) is 0 Å². The van der Waals surface area contributed by atoms with Crippen LogP contribution in [0.4, 0.5) is 10.1 Å². The van der Waals surface area contributed by atoms with Gasteiger partial charge in [0.05, 0.1) is 23.7 Å². The number of nitrogens with one attached hydrogen (secondary N) is 1. The highest BCUT2D eigenvalue weighted by molar-refractivity contribution is 7.13. The molecule has 144 valence electrons. The second-order valence-electron chi connectivity index (χ2n) is 6.11. The molecule has 0 aliphatic carbocycles. The molecule has 0 bridgehead atoms. The van der Waals surface area contributed by atoms with Crippen molar-refractivity contribution in [1.29, 1.82) is 0 Å². The van der Waals surface area contributed by atoms with Gasteiger partial charge in [0.15, 0.2) is 0 Å². The quantitative estimate of drug-likeness (QED) is 0.652. The van der Waals surface area contributed by atoms with Crippen molar-refractivity contribution in [2.24, 2.45) is 0 Å². The highest BCUT2D eigenvalue weighted by Crippen LogP contribution is 2.30. The van der Waals surface area contributed by atoms with E-state index in [0.717, 1.165) is 10.6 Å². The number of hydrogen-bond donors (Lipinski definition) is 1. The van der Waals surface area contributed by atoms with Crippen LogP contribution in [0.2, 0.25) is 5.02 Å². The molecular weight excluding hydrogens is 401 g/mol. The second-order valence-corrected chi connectivity index (χ2v) is 7.37. The topological polar surface area (TPSA) is 62.3 Å². The monoisotopic (exact) mass is 417 g/mol. The molecule has 3 aromatic rings. The molecular formula is C20H17ClFN3O2S. The Kier molecular flexibility index (Phi) is 6.38. The van der Waals surface area contributed by atoms with Crippen molar-refractivity contribution >= 4 is 40.4 Å². The SMILES string of the molecule is CN(CC(=O)Nc1cccc(F)c1)C(=O)Cc1csc(-c2ccccc2Cl)n1. The first kappa shape index (κ1) is 20.0. The summed E-state index contributed by atoms with van der Waals surface area (Å²) in [6.07, 6.45) is 0.0741. The van der Waals surface area contributed by atoms with Crippen LogP contribution < -0.4 is 5.32 Å². The molecule has 0 aliphatic rings. The van der Waals surface area contributed by atoms with Crippen LogP contribution in [-0.2, 0) is 16.0 Å². The number of amides is 2. The second kappa shape index (κ2) is 8.95. The predicted octanol–water partition coefficient (Wildman–Crippen LogP) is 4.24. The summed E-state index contributed by atoms with van der Waals surface area (Å²) in [6, 6.07) is 12.9. The molecule has 0 saturated carbocycles. The van der Waals surface area contributed by atoms with Gasteiger partial charge >= 0.3 is 0 Å². The molecule has 0 aliphatic heterocycles. The Morgan fingerprint density at radius 2 is 2.00 bits per heavy atom. The number of rotatable bonds is 6. The lowest BCUT2D eigenvalue weighted by Gasteiger charge is -2.16. The fourth-order valence-electron chi connectivity index (χ4n) is 2.51. The lowest BCUT2D eigenvalue weighted by atomic mass is 10.2. The predicted molar refractivity (Wildman–Crippen MR) is 109 cm³/mol. The van der Waals surface area contributed by atoms with E-state index in [2.05, 4.69) is 10.3 Å². The first-order valence-electron chi connectivity index (χ1n) is 8.41. The molecule has 1 heterocycles. The van der Waals surface area contributed by atoms with Gasteiger partial charge in [-0.25, -0.2) is 9.37 Å². The van der Waals surface area contributed by atoms with E-state index in [1.807, 2.05) is 18.2 Å². The highest BCUT2D eigenvalue weighted by atomic mass is 35.5. The van der Waals surface area contributed by atoms with E-state index in [-0.39, 0.29) is 18.9 Å². The van der Waals surface area contributed by atoms with Crippen molar-refractivity contribution in [3.63, 3.8) is 0 Å². The molecule has 1 aromatic heterocycles. The van der Waals surface area contributed by atoms with Crippen LogP contribution in [0.25, 0.3) is 10.6 Å².